The standard InChI is InChI=1S/C24H26N6O/c1-3-20-16-11-19(29-22-14-27-15(2)13-28-22)21(12-16)30(20)24(31)18-8-5-4-7-17(18)23-25-9-6-10-26-23/h4-10,13-14,16,19-21H,3,11-12H2,1-2H3,(H,28,29). The highest BCUT2D eigenvalue weighted by molar-refractivity contribution is 6.00. The number of carbonyl (C=O) groups is 1. The minimum absolute atomic E-state index is 0.0592. The topological polar surface area (TPSA) is 83.9 Å². The Morgan fingerprint density at radius 3 is 2.61 bits per heavy atom. The fraction of sp³-hybridized carbons (Fsp3) is 0.375. The lowest BCUT2D eigenvalue weighted by molar-refractivity contribution is 0.0569. The molecule has 2 fully saturated rings. The van der Waals surface area contributed by atoms with Crippen molar-refractivity contribution in [1.29, 1.82) is 0 Å². The van der Waals surface area contributed by atoms with Gasteiger partial charge in [-0.2, -0.15) is 0 Å². The molecule has 4 unspecified atom stereocenters. The summed E-state index contributed by atoms with van der Waals surface area (Å²) in [6.45, 7) is 4.10. The van der Waals surface area contributed by atoms with E-state index in [1.54, 1.807) is 30.9 Å². The van der Waals surface area contributed by atoms with Gasteiger partial charge in [0, 0.05) is 30.0 Å². The molecule has 1 amide bonds. The lowest BCUT2D eigenvalue weighted by atomic mass is 9.93. The van der Waals surface area contributed by atoms with Crippen LogP contribution in [0.1, 0.15) is 42.2 Å². The second kappa shape index (κ2) is 8.06. The Balaban J connectivity index is 1.45. The van der Waals surface area contributed by atoms with Crippen LogP contribution in [0.4, 0.5) is 5.82 Å². The Hall–Kier alpha value is -3.35. The molecule has 7 heteroatoms. The summed E-state index contributed by atoms with van der Waals surface area (Å²) in [5.41, 5.74) is 2.33. The van der Waals surface area contributed by atoms with Gasteiger partial charge < -0.3 is 10.2 Å². The number of nitrogens with one attached hydrogen (secondary N) is 1. The normalized spacial score (nSPS) is 24.4. The average molecular weight is 415 g/mol. The molecular weight excluding hydrogens is 388 g/mol. The SMILES string of the molecule is CCC1C2CC(Nc3cnc(C)cn3)C(C2)N1C(=O)c1ccccc1-c1ncccn1. The van der Waals surface area contributed by atoms with Gasteiger partial charge in [-0.05, 0) is 44.2 Å². The van der Waals surface area contributed by atoms with E-state index in [4.69, 9.17) is 0 Å². The van der Waals surface area contributed by atoms with Gasteiger partial charge in [-0.25, -0.2) is 15.0 Å². The predicted octanol–water partition coefficient (Wildman–Crippen LogP) is 3.74. The van der Waals surface area contributed by atoms with Crippen molar-refractivity contribution in [2.24, 2.45) is 5.92 Å². The van der Waals surface area contributed by atoms with Crippen LogP contribution in [-0.4, -0.2) is 48.9 Å². The van der Waals surface area contributed by atoms with E-state index in [-0.39, 0.29) is 24.0 Å². The summed E-state index contributed by atoms with van der Waals surface area (Å²) in [6.07, 6.45) is 9.97. The molecule has 3 aromatic rings. The zero-order chi connectivity index (χ0) is 21.4. The highest BCUT2D eigenvalue weighted by Crippen LogP contribution is 2.45. The fourth-order valence-electron chi connectivity index (χ4n) is 5.23. The number of anilines is 1. The average Bonchev–Trinajstić information content (AvgIpc) is 3.38. The van der Waals surface area contributed by atoms with Gasteiger partial charge in [0.2, 0.25) is 0 Å². The predicted molar refractivity (Wildman–Crippen MR) is 118 cm³/mol. The summed E-state index contributed by atoms with van der Waals surface area (Å²) in [5.74, 6) is 1.90. The van der Waals surface area contributed by atoms with Crippen LogP contribution in [0.3, 0.4) is 0 Å². The highest BCUT2D eigenvalue weighted by atomic mass is 16.2. The number of carbonyl (C=O) groups excluding carboxylic acids is 1. The molecule has 2 bridgehead atoms. The van der Waals surface area contributed by atoms with Crippen LogP contribution in [-0.2, 0) is 0 Å². The summed E-state index contributed by atoms with van der Waals surface area (Å²) < 4.78 is 0. The van der Waals surface area contributed by atoms with Crippen LogP contribution in [0, 0.1) is 12.8 Å². The van der Waals surface area contributed by atoms with E-state index in [0.29, 0.717) is 17.3 Å². The Morgan fingerprint density at radius 1 is 1.06 bits per heavy atom. The van der Waals surface area contributed by atoms with E-state index in [1.807, 2.05) is 31.2 Å². The number of rotatable bonds is 5. The molecule has 1 N–H and O–H groups in total. The molecule has 2 aliphatic rings. The first-order valence-electron chi connectivity index (χ1n) is 10.9. The molecule has 1 aliphatic carbocycles. The summed E-state index contributed by atoms with van der Waals surface area (Å²) in [6, 6.07) is 10.00. The van der Waals surface area contributed by atoms with E-state index in [0.717, 1.165) is 36.3 Å². The molecule has 1 aliphatic heterocycles. The largest absolute Gasteiger partial charge is 0.364 e. The molecule has 7 nitrogen and oxygen atoms in total. The molecular formula is C24H26N6O. The number of aryl methyl sites for hydroxylation is 1. The number of amides is 1. The van der Waals surface area contributed by atoms with E-state index in [1.165, 1.54) is 0 Å². The van der Waals surface area contributed by atoms with Crippen LogP contribution in [0.25, 0.3) is 11.4 Å². The minimum atomic E-state index is 0.0592. The maximum absolute atomic E-state index is 13.9. The van der Waals surface area contributed by atoms with Crippen molar-refractivity contribution in [2.45, 2.75) is 51.2 Å². The molecule has 158 valence electrons. The third-order valence-corrected chi connectivity index (χ3v) is 6.56. The smallest absolute Gasteiger partial charge is 0.255 e. The fourth-order valence-corrected chi connectivity index (χ4v) is 5.23. The molecule has 5 rings (SSSR count). The number of hydrogen-bond donors (Lipinski definition) is 1. The molecule has 1 saturated heterocycles. The van der Waals surface area contributed by atoms with Gasteiger partial charge in [0.15, 0.2) is 5.82 Å². The van der Waals surface area contributed by atoms with Crippen molar-refractivity contribution in [3.05, 3.63) is 66.4 Å². The van der Waals surface area contributed by atoms with Crippen LogP contribution >= 0.6 is 0 Å². The Labute approximate surface area is 182 Å². The van der Waals surface area contributed by atoms with Crippen molar-refractivity contribution in [3.63, 3.8) is 0 Å². The number of aromatic nitrogens is 4. The third kappa shape index (κ3) is 3.54. The first-order chi connectivity index (χ1) is 15.2. The van der Waals surface area contributed by atoms with Crippen LogP contribution < -0.4 is 5.32 Å². The quantitative estimate of drug-likeness (QED) is 0.685. The van der Waals surface area contributed by atoms with E-state index in [2.05, 4.69) is 37.1 Å². The Bertz CT molecular complexity index is 1070. The molecule has 4 atom stereocenters. The number of hydrogen-bond acceptors (Lipinski definition) is 6. The molecule has 2 aromatic heterocycles. The van der Waals surface area contributed by atoms with Crippen LogP contribution in [0.5, 0.6) is 0 Å². The van der Waals surface area contributed by atoms with E-state index < -0.39 is 0 Å². The first kappa shape index (κ1) is 19.6. The van der Waals surface area contributed by atoms with Crippen molar-refractivity contribution in [1.82, 2.24) is 24.8 Å². The van der Waals surface area contributed by atoms with Gasteiger partial charge in [0.1, 0.15) is 5.82 Å². The maximum atomic E-state index is 13.9. The van der Waals surface area contributed by atoms with Crippen molar-refractivity contribution >= 4 is 11.7 Å². The zero-order valence-electron chi connectivity index (χ0n) is 17.8. The number of nitrogens with zero attached hydrogens (tertiary/aromatic N) is 5. The minimum Gasteiger partial charge on any atom is -0.364 e. The van der Waals surface area contributed by atoms with Gasteiger partial charge in [0.25, 0.3) is 5.91 Å². The number of fused-ring (bicyclic) bond motifs is 2. The summed E-state index contributed by atoms with van der Waals surface area (Å²) in [4.78, 5) is 33.5. The van der Waals surface area contributed by atoms with Gasteiger partial charge in [-0.15, -0.1) is 0 Å². The molecule has 3 heterocycles. The lowest BCUT2D eigenvalue weighted by Crippen LogP contribution is -2.52. The van der Waals surface area contributed by atoms with Crippen molar-refractivity contribution < 1.29 is 4.79 Å². The molecule has 1 saturated carbocycles. The second-order valence-electron chi connectivity index (χ2n) is 8.40. The Morgan fingerprint density at radius 2 is 1.87 bits per heavy atom. The van der Waals surface area contributed by atoms with Gasteiger partial charge >= 0.3 is 0 Å². The van der Waals surface area contributed by atoms with Crippen LogP contribution in [0.15, 0.2) is 55.1 Å². The molecule has 1 aromatic carbocycles. The van der Waals surface area contributed by atoms with Gasteiger partial charge in [-0.1, -0.05) is 25.1 Å². The van der Waals surface area contributed by atoms with Crippen LogP contribution in [0.2, 0.25) is 0 Å². The van der Waals surface area contributed by atoms with Gasteiger partial charge in [0.05, 0.1) is 29.7 Å². The maximum Gasteiger partial charge on any atom is 0.255 e. The Kier molecular flexibility index (Phi) is 5.10. The van der Waals surface area contributed by atoms with Gasteiger partial charge in [-0.3, -0.25) is 9.78 Å². The summed E-state index contributed by atoms with van der Waals surface area (Å²) in [5, 5.41) is 3.53. The second-order valence-corrected chi connectivity index (χ2v) is 8.40. The van der Waals surface area contributed by atoms with E-state index in [9.17, 15) is 4.79 Å². The molecule has 0 spiro atoms. The third-order valence-electron chi connectivity index (χ3n) is 6.56. The zero-order valence-corrected chi connectivity index (χ0v) is 17.8. The van der Waals surface area contributed by atoms with E-state index >= 15 is 0 Å². The first-order valence-corrected chi connectivity index (χ1v) is 10.9. The number of likely N-dealkylation sites (tertiary alicyclic amines) is 1. The number of benzene rings is 1. The summed E-state index contributed by atoms with van der Waals surface area (Å²) >= 11 is 0. The number of piperidine rings is 1. The molecule has 31 heavy (non-hydrogen) atoms. The lowest BCUT2D eigenvalue weighted by Gasteiger charge is -2.40. The molecule has 0 radical (unpaired) electrons. The summed E-state index contributed by atoms with van der Waals surface area (Å²) in [7, 11) is 0. The highest BCUT2D eigenvalue weighted by Gasteiger charge is 2.52. The monoisotopic (exact) mass is 414 g/mol. The van der Waals surface area contributed by atoms with Crippen molar-refractivity contribution in [3.8, 4) is 11.4 Å². The van der Waals surface area contributed by atoms with Crippen molar-refractivity contribution in [2.75, 3.05) is 5.32 Å².